The standard InChI is InChI=1S/C18H19N3O3S/c1-11(22)12-5-4-6-13(9-12)19-16(23)10-25-17-14-7-2-3-8-15(14)20-18(24)21-17/h4-6,9,14H,2-3,7-8,10H2,1H3,(H,19,23). The van der Waals surface area contributed by atoms with Gasteiger partial charge in [-0.1, -0.05) is 30.3 Å². The summed E-state index contributed by atoms with van der Waals surface area (Å²) in [7, 11) is 0. The van der Waals surface area contributed by atoms with Crippen molar-refractivity contribution in [3.63, 3.8) is 0 Å². The van der Waals surface area contributed by atoms with E-state index in [1.54, 1.807) is 24.3 Å². The number of Topliss-reactive ketones (excluding diaryl/α,β-unsaturated/α-hetero) is 1. The van der Waals surface area contributed by atoms with E-state index < -0.39 is 6.03 Å². The van der Waals surface area contributed by atoms with Crippen LogP contribution in [-0.4, -0.2) is 34.2 Å². The maximum atomic E-state index is 12.2. The molecule has 0 saturated heterocycles. The van der Waals surface area contributed by atoms with E-state index in [2.05, 4.69) is 15.3 Å². The van der Waals surface area contributed by atoms with Crippen molar-refractivity contribution in [2.75, 3.05) is 11.1 Å². The smallest absolute Gasteiger partial charge is 0.325 e. The second-order valence-corrected chi connectivity index (χ2v) is 7.10. The predicted molar refractivity (Wildman–Crippen MR) is 99.8 cm³/mol. The first-order valence-electron chi connectivity index (χ1n) is 8.26. The van der Waals surface area contributed by atoms with E-state index in [-0.39, 0.29) is 23.4 Å². The molecule has 1 aromatic carbocycles. The van der Waals surface area contributed by atoms with E-state index >= 15 is 0 Å². The summed E-state index contributed by atoms with van der Waals surface area (Å²) in [5.41, 5.74) is 2.04. The van der Waals surface area contributed by atoms with Gasteiger partial charge < -0.3 is 5.32 Å². The zero-order chi connectivity index (χ0) is 17.8. The fourth-order valence-corrected chi connectivity index (χ4v) is 3.95. The largest absolute Gasteiger partial charge is 0.367 e. The van der Waals surface area contributed by atoms with Crippen LogP contribution in [0.5, 0.6) is 0 Å². The molecule has 1 fully saturated rings. The molecule has 0 bridgehead atoms. The van der Waals surface area contributed by atoms with Crippen LogP contribution in [0.4, 0.5) is 10.5 Å². The van der Waals surface area contributed by atoms with Crippen LogP contribution in [0.2, 0.25) is 0 Å². The molecule has 2 aliphatic rings. The average Bonchev–Trinajstić information content (AvgIpc) is 2.59. The summed E-state index contributed by atoms with van der Waals surface area (Å²) in [4.78, 5) is 43.3. The molecule has 0 radical (unpaired) electrons. The van der Waals surface area contributed by atoms with Gasteiger partial charge in [0.15, 0.2) is 5.78 Å². The topological polar surface area (TPSA) is 88.0 Å². The number of thioether (sulfide) groups is 1. The van der Waals surface area contributed by atoms with E-state index in [1.165, 1.54) is 18.7 Å². The number of ketones is 1. The van der Waals surface area contributed by atoms with Gasteiger partial charge in [0.1, 0.15) is 0 Å². The molecular formula is C18H19N3O3S. The number of urea groups is 1. The summed E-state index contributed by atoms with van der Waals surface area (Å²) in [5, 5.41) is 3.47. The van der Waals surface area contributed by atoms with Crippen molar-refractivity contribution in [3.05, 3.63) is 29.8 Å². The van der Waals surface area contributed by atoms with Crippen LogP contribution in [0.25, 0.3) is 0 Å². The Morgan fingerprint density at radius 3 is 2.92 bits per heavy atom. The zero-order valence-corrected chi connectivity index (χ0v) is 14.8. The lowest BCUT2D eigenvalue weighted by Crippen LogP contribution is -2.31. The van der Waals surface area contributed by atoms with Gasteiger partial charge in [-0.15, -0.1) is 0 Å². The molecule has 0 aromatic heterocycles. The Balaban J connectivity index is 1.59. The first-order valence-corrected chi connectivity index (χ1v) is 9.25. The van der Waals surface area contributed by atoms with Gasteiger partial charge in [0, 0.05) is 22.9 Å². The highest BCUT2D eigenvalue weighted by atomic mass is 32.2. The van der Waals surface area contributed by atoms with Crippen LogP contribution in [0, 0.1) is 5.92 Å². The number of amides is 3. The highest BCUT2D eigenvalue weighted by Gasteiger charge is 2.30. The minimum absolute atomic E-state index is 0.0512. The molecule has 25 heavy (non-hydrogen) atoms. The van der Waals surface area contributed by atoms with Gasteiger partial charge in [-0.2, -0.15) is 4.99 Å². The van der Waals surface area contributed by atoms with Crippen molar-refractivity contribution < 1.29 is 14.4 Å². The molecule has 1 atom stereocenters. The molecule has 1 unspecified atom stereocenters. The third-order valence-electron chi connectivity index (χ3n) is 4.23. The summed E-state index contributed by atoms with van der Waals surface area (Å²) in [6.45, 7) is 1.48. The molecule has 6 nitrogen and oxygen atoms in total. The van der Waals surface area contributed by atoms with Crippen LogP contribution < -0.4 is 5.32 Å². The van der Waals surface area contributed by atoms with Gasteiger partial charge in [0.25, 0.3) is 0 Å². The van der Waals surface area contributed by atoms with Crippen molar-refractivity contribution in [1.29, 1.82) is 0 Å². The van der Waals surface area contributed by atoms with Gasteiger partial charge in [0.05, 0.1) is 10.8 Å². The second kappa shape index (κ2) is 7.74. The number of aliphatic imine (C=N–C) groups is 2. The maximum Gasteiger partial charge on any atom is 0.367 e. The lowest BCUT2D eigenvalue weighted by Gasteiger charge is -2.26. The molecule has 1 saturated carbocycles. The molecule has 3 amide bonds. The normalized spacial score (nSPS) is 19.6. The molecule has 1 aliphatic carbocycles. The molecule has 0 spiro atoms. The highest BCUT2D eigenvalue weighted by molar-refractivity contribution is 8.14. The molecule has 7 heteroatoms. The third-order valence-corrected chi connectivity index (χ3v) is 5.30. The fourth-order valence-electron chi connectivity index (χ4n) is 3.00. The van der Waals surface area contributed by atoms with Gasteiger partial charge in [-0.25, -0.2) is 9.79 Å². The number of carbonyl (C=O) groups is 3. The predicted octanol–water partition coefficient (Wildman–Crippen LogP) is 3.72. The molecular weight excluding hydrogens is 338 g/mol. The van der Waals surface area contributed by atoms with Crippen LogP contribution >= 0.6 is 11.8 Å². The Kier molecular flexibility index (Phi) is 5.43. The Hall–Kier alpha value is -2.28. The van der Waals surface area contributed by atoms with Crippen molar-refractivity contribution >= 4 is 45.9 Å². The Bertz CT molecular complexity index is 786. The van der Waals surface area contributed by atoms with Crippen molar-refractivity contribution in [2.45, 2.75) is 32.6 Å². The van der Waals surface area contributed by atoms with E-state index in [9.17, 15) is 14.4 Å². The summed E-state index contributed by atoms with van der Waals surface area (Å²) in [6.07, 6.45) is 3.90. The van der Waals surface area contributed by atoms with Crippen LogP contribution in [0.15, 0.2) is 34.3 Å². The summed E-state index contributed by atoms with van der Waals surface area (Å²) in [5.74, 6) is 0.0101. The first kappa shape index (κ1) is 17.5. The Morgan fingerprint density at radius 1 is 1.28 bits per heavy atom. The maximum absolute atomic E-state index is 12.2. The van der Waals surface area contributed by atoms with Gasteiger partial charge in [-0.05, 0) is 38.3 Å². The minimum atomic E-state index is -0.467. The fraction of sp³-hybridized carbons (Fsp3) is 0.389. The number of benzene rings is 1. The van der Waals surface area contributed by atoms with Crippen LogP contribution in [0.1, 0.15) is 43.0 Å². The first-order chi connectivity index (χ1) is 12.0. The quantitative estimate of drug-likeness (QED) is 0.832. The number of hydrogen-bond acceptors (Lipinski definition) is 4. The summed E-state index contributed by atoms with van der Waals surface area (Å²) < 4.78 is 0. The number of rotatable bonds is 4. The van der Waals surface area contributed by atoms with Gasteiger partial charge in [-0.3, -0.25) is 9.59 Å². The number of carbonyl (C=O) groups excluding carboxylic acids is 3. The van der Waals surface area contributed by atoms with Crippen LogP contribution in [0.3, 0.4) is 0 Å². The monoisotopic (exact) mass is 357 g/mol. The van der Waals surface area contributed by atoms with Crippen LogP contribution in [-0.2, 0) is 4.79 Å². The van der Waals surface area contributed by atoms with Crippen molar-refractivity contribution in [1.82, 2.24) is 0 Å². The number of hydrogen-bond donors (Lipinski definition) is 1. The number of nitrogens with one attached hydrogen (secondary N) is 1. The molecule has 130 valence electrons. The van der Waals surface area contributed by atoms with Crippen molar-refractivity contribution in [3.8, 4) is 0 Å². The van der Waals surface area contributed by atoms with E-state index in [0.717, 1.165) is 31.4 Å². The lowest BCUT2D eigenvalue weighted by atomic mass is 9.87. The Labute approximate surface area is 150 Å². The van der Waals surface area contributed by atoms with E-state index in [4.69, 9.17) is 0 Å². The minimum Gasteiger partial charge on any atom is -0.325 e. The third kappa shape index (κ3) is 4.42. The van der Waals surface area contributed by atoms with E-state index in [0.29, 0.717) is 16.3 Å². The molecule has 1 N–H and O–H groups in total. The zero-order valence-electron chi connectivity index (χ0n) is 13.9. The van der Waals surface area contributed by atoms with Crippen molar-refractivity contribution in [2.24, 2.45) is 15.9 Å². The summed E-state index contributed by atoms with van der Waals surface area (Å²) >= 11 is 1.29. The van der Waals surface area contributed by atoms with Gasteiger partial charge in [0.2, 0.25) is 5.91 Å². The average molecular weight is 357 g/mol. The van der Waals surface area contributed by atoms with E-state index in [1.807, 2.05) is 0 Å². The molecule has 1 aromatic rings. The lowest BCUT2D eigenvalue weighted by molar-refractivity contribution is -0.113. The molecule has 1 heterocycles. The Morgan fingerprint density at radius 2 is 2.12 bits per heavy atom. The number of fused-ring (bicyclic) bond motifs is 1. The SMILES string of the molecule is CC(=O)c1cccc(NC(=O)CSC2=NC(=O)N=C3CCCCC32)c1. The van der Waals surface area contributed by atoms with Gasteiger partial charge >= 0.3 is 6.03 Å². The second-order valence-electron chi connectivity index (χ2n) is 6.11. The summed E-state index contributed by atoms with van der Waals surface area (Å²) in [6, 6.07) is 6.36. The number of nitrogens with zero attached hydrogens (tertiary/aromatic N) is 2. The molecule has 3 rings (SSSR count). The molecule has 1 aliphatic heterocycles. The highest BCUT2D eigenvalue weighted by Crippen LogP contribution is 2.30. The number of anilines is 1.